The van der Waals surface area contributed by atoms with Crippen molar-refractivity contribution in [1.82, 2.24) is 15.2 Å². The van der Waals surface area contributed by atoms with E-state index in [2.05, 4.69) is 10.3 Å². The maximum Gasteiger partial charge on any atom is 0.339 e. The summed E-state index contributed by atoms with van der Waals surface area (Å²) in [5.74, 6) is -0.852. The number of hydrogen-bond donors (Lipinski definition) is 2. The highest BCUT2D eigenvalue weighted by atomic mass is 16.5. The van der Waals surface area contributed by atoms with Crippen molar-refractivity contribution in [2.24, 2.45) is 11.3 Å². The fourth-order valence-electron chi connectivity index (χ4n) is 6.15. The minimum Gasteiger partial charge on any atom is -0.493 e. The monoisotopic (exact) mass is 507 g/mol. The molecular formula is C26H25N3O8. The molecule has 3 atom stereocenters. The van der Waals surface area contributed by atoms with Gasteiger partial charge in [-0.05, 0) is 31.4 Å². The van der Waals surface area contributed by atoms with Crippen LogP contribution in [0.15, 0.2) is 35.2 Å². The first-order valence-corrected chi connectivity index (χ1v) is 11.7. The molecule has 6 rings (SSSR count). The second kappa shape index (κ2) is 7.37. The lowest BCUT2D eigenvalue weighted by molar-refractivity contribution is -0.150. The van der Waals surface area contributed by atoms with Crippen molar-refractivity contribution in [1.29, 1.82) is 0 Å². The number of ketones is 2. The maximum atomic E-state index is 13.8. The molecule has 2 aliphatic heterocycles. The number of nitrogens with zero attached hydrogens (tertiary/aromatic N) is 1. The number of aromatic nitrogens is 1. The number of allylic oxidation sites excluding steroid dienone is 2. The molecule has 1 amide bonds. The van der Waals surface area contributed by atoms with E-state index in [9.17, 15) is 19.2 Å². The minimum absolute atomic E-state index is 0.0364. The van der Waals surface area contributed by atoms with E-state index >= 15 is 0 Å². The van der Waals surface area contributed by atoms with Crippen LogP contribution in [0.2, 0.25) is 0 Å². The van der Waals surface area contributed by atoms with E-state index in [1.807, 2.05) is 0 Å². The molecule has 1 aromatic heterocycles. The molecule has 2 N–H and O–H groups in total. The Kier molecular flexibility index (Phi) is 4.61. The Balaban J connectivity index is 1.38. The van der Waals surface area contributed by atoms with Crippen LogP contribution in [-0.2, 0) is 19.1 Å². The molecule has 1 aromatic carbocycles. The van der Waals surface area contributed by atoms with Gasteiger partial charge >= 0.3 is 5.97 Å². The SMILES string of the molecule is COC(=O)[C@@]1(C)NC2=C(C1=O)[C@@]13C[C@@H]1CN(C(=O)c1cc4cc(OC)c(OC)c(OC)c4[nH]1)C3=CC2=O. The van der Waals surface area contributed by atoms with Crippen molar-refractivity contribution >= 4 is 34.3 Å². The van der Waals surface area contributed by atoms with Gasteiger partial charge in [-0.15, -0.1) is 0 Å². The van der Waals surface area contributed by atoms with Crippen LogP contribution in [0.3, 0.4) is 0 Å². The number of aromatic amines is 1. The van der Waals surface area contributed by atoms with Gasteiger partial charge in [0.25, 0.3) is 5.91 Å². The largest absolute Gasteiger partial charge is 0.493 e. The second-order valence-electron chi connectivity index (χ2n) is 9.80. The Bertz CT molecular complexity index is 1520. The first kappa shape index (κ1) is 23.1. The molecule has 0 bridgehead atoms. The molecule has 192 valence electrons. The molecule has 1 saturated heterocycles. The van der Waals surface area contributed by atoms with Gasteiger partial charge in [-0.3, -0.25) is 14.4 Å². The van der Waals surface area contributed by atoms with Crippen molar-refractivity contribution in [3.63, 3.8) is 0 Å². The van der Waals surface area contributed by atoms with Crippen molar-refractivity contribution in [3.8, 4) is 17.2 Å². The van der Waals surface area contributed by atoms with E-state index in [0.29, 0.717) is 46.8 Å². The normalized spacial score (nSPS) is 27.3. The van der Waals surface area contributed by atoms with E-state index in [1.54, 1.807) is 17.0 Å². The molecule has 3 heterocycles. The summed E-state index contributed by atoms with van der Waals surface area (Å²) in [5.41, 5.74) is -0.733. The first-order chi connectivity index (χ1) is 17.7. The molecular weight excluding hydrogens is 482 g/mol. The van der Waals surface area contributed by atoms with Crippen LogP contribution in [0.25, 0.3) is 10.9 Å². The average Bonchev–Trinajstić information content (AvgIpc) is 3.15. The number of methoxy groups -OCH3 is 4. The highest BCUT2D eigenvalue weighted by Gasteiger charge is 2.73. The first-order valence-electron chi connectivity index (χ1n) is 11.7. The quantitative estimate of drug-likeness (QED) is 0.456. The Morgan fingerprint density at radius 1 is 1.05 bits per heavy atom. The predicted octanol–water partition coefficient (Wildman–Crippen LogP) is 1.48. The van der Waals surface area contributed by atoms with E-state index in [4.69, 9.17) is 18.9 Å². The third kappa shape index (κ3) is 2.71. The average molecular weight is 507 g/mol. The van der Waals surface area contributed by atoms with Gasteiger partial charge in [0.05, 0.1) is 39.7 Å². The van der Waals surface area contributed by atoms with Crippen molar-refractivity contribution < 1.29 is 38.1 Å². The van der Waals surface area contributed by atoms with E-state index < -0.39 is 28.5 Å². The lowest BCUT2D eigenvalue weighted by Crippen LogP contribution is -2.52. The van der Waals surface area contributed by atoms with Gasteiger partial charge in [-0.2, -0.15) is 0 Å². The highest BCUT2D eigenvalue weighted by molar-refractivity contribution is 6.26. The number of amides is 1. The number of nitrogens with one attached hydrogen (secondary N) is 2. The zero-order valence-electron chi connectivity index (χ0n) is 20.9. The fourth-order valence-corrected chi connectivity index (χ4v) is 6.15. The van der Waals surface area contributed by atoms with Crippen LogP contribution in [-0.4, -0.2) is 73.8 Å². The Hall–Kier alpha value is -4.28. The molecule has 0 unspecified atom stereocenters. The van der Waals surface area contributed by atoms with E-state index in [1.165, 1.54) is 41.4 Å². The van der Waals surface area contributed by atoms with Gasteiger partial charge in [0, 0.05) is 34.7 Å². The van der Waals surface area contributed by atoms with Crippen LogP contribution in [0, 0.1) is 11.3 Å². The summed E-state index contributed by atoms with van der Waals surface area (Å²) in [6.45, 7) is 1.76. The van der Waals surface area contributed by atoms with E-state index in [0.717, 1.165) is 0 Å². The number of H-pyrrole nitrogens is 1. The van der Waals surface area contributed by atoms with Crippen LogP contribution in [0.5, 0.6) is 17.2 Å². The zero-order valence-corrected chi connectivity index (χ0v) is 20.9. The topological polar surface area (TPSA) is 136 Å². The lowest BCUT2D eigenvalue weighted by atomic mass is 9.80. The molecule has 1 spiro atoms. The van der Waals surface area contributed by atoms with E-state index in [-0.39, 0.29) is 28.8 Å². The molecule has 2 aliphatic carbocycles. The summed E-state index contributed by atoms with van der Waals surface area (Å²) in [5, 5.41) is 3.51. The van der Waals surface area contributed by atoms with Gasteiger partial charge in [0.1, 0.15) is 5.69 Å². The summed E-state index contributed by atoms with van der Waals surface area (Å²) in [6.07, 6.45) is 2.02. The summed E-state index contributed by atoms with van der Waals surface area (Å²) in [6, 6.07) is 3.43. The van der Waals surface area contributed by atoms with Crippen LogP contribution in [0.4, 0.5) is 0 Å². The molecule has 0 radical (unpaired) electrons. The Morgan fingerprint density at radius 2 is 1.78 bits per heavy atom. The number of ether oxygens (including phenoxy) is 4. The van der Waals surface area contributed by atoms with Gasteiger partial charge in [-0.25, -0.2) is 4.79 Å². The highest BCUT2D eigenvalue weighted by Crippen LogP contribution is 2.70. The van der Waals surface area contributed by atoms with Crippen LogP contribution < -0.4 is 19.5 Å². The number of hydrogen-bond acceptors (Lipinski definition) is 9. The smallest absolute Gasteiger partial charge is 0.339 e. The summed E-state index contributed by atoms with van der Waals surface area (Å²) in [4.78, 5) is 57.5. The lowest BCUT2D eigenvalue weighted by Gasteiger charge is -2.28. The van der Waals surface area contributed by atoms with Crippen molar-refractivity contribution in [2.45, 2.75) is 18.9 Å². The van der Waals surface area contributed by atoms with Gasteiger partial charge < -0.3 is 34.1 Å². The van der Waals surface area contributed by atoms with Gasteiger partial charge in [-0.1, -0.05) is 0 Å². The zero-order chi connectivity index (χ0) is 26.4. The molecule has 2 fully saturated rings. The fraction of sp³-hybridized carbons (Fsp3) is 0.385. The predicted molar refractivity (Wildman–Crippen MR) is 128 cm³/mol. The van der Waals surface area contributed by atoms with Crippen LogP contribution >= 0.6 is 0 Å². The molecule has 2 aromatic rings. The van der Waals surface area contributed by atoms with Crippen LogP contribution in [0.1, 0.15) is 23.8 Å². The number of carbonyl (C=O) groups is 4. The minimum atomic E-state index is -1.68. The number of esters is 1. The molecule has 11 nitrogen and oxygen atoms in total. The number of rotatable bonds is 5. The summed E-state index contributed by atoms with van der Waals surface area (Å²) >= 11 is 0. The third-order valence-corrected chi connectivity index (χ3v) is 8.01. The number of Topliss-reactive ketones (excluding diaryl/α,β-unsaturated/α-hetero) is 1. The Labute approximate surface area is 211 Å². The molecule has 1 saturated carbocycles. The Morgan fingerprint density at radius 3 is 2.43 bits per heavy atom. The number of fused-ring (bicyclic) bond motifs is 1. The number of likely N-dealkylation sites (tertiary alicyclic amines) is 1. The second-order valence-corrected chi connectivity index (χ2v) is 9.80. The van der Waals surface area contributed by atoms with Crippen molar-refractivity contribution in [3.05, 3.63) is 40.9 Å². The standard InChI is InChI=1S/C26H25N3O8/c1-25(24(33)37-5)22(31)17-19(28-25)14(30)8-16-26(17)9-12(26)10-29(16)23(32)13-6-11-7-15(34-2)20(35-3)21(36-4)18(11)27-13/h6-8,12,27-28H,9-10H2,1-5H3/t12-,25+,26+/m1/s1. The number of carbonyl (C=O) groups excluding carboxylic acids is 4. The van der Waals surface area contributed by atoms with Gasteiger partial charge in [0.2, 0.25) is 11.5 Å². The van der Waals surface area contributed by atoms with Crippen molar-refractivity contribution in [2.75, 3.05) is 35.0 Å². The third-order valence-electron chi connectivity index (χ3n) is 8.01. The molecule has 37 heavy (non-hydrogen) atoms. The van der Waals surface area contributed by atoms with Gasteiger partial charge in [0.15, 0.2) is 22.8 Å². The molecule has 11 heteroatoms. The number of benzene rings is 1. The molecule has 4 aliphatic rings. The maximum absolute atomic E-state index is 13.8. The summed E-state index contributed by atoms with van der Waals surface area (Å²) < 4.78 is 21.2. The number of piperidine rings is 1. The summed E-state index contributed by atoms with van der Waals surface area (Å²) in [7, 11) is 5.70.